The number of benzene rings is 2. The van der Waals surface area contributed by atoms with Crippen molar-refractivity contribution in [1.82, 2.24) is 0 Å². The topological polar surface area (TPSA) is 52.6 Å². The van der Waals surface area contributed by atoms with Gasteiger partial charge in [-0.15, -0.1) is 0 Å². The zero-order valence-corrected chi connectivity index (χ0v) is 16.6. The first kappa shape index (κ1) is 21.7. The van der Waals surface area contributed by atoms with Crippen LogP contribution in [0.3, 0.4) is 0 Å². The lowest BCUT2D eigenvalue weighted by molar-refractivity contribution is -0.151. The Bertz CT molecular complexity index is 644. The molecule has 0 N–H and O–H groups in total. The number of ether oxygens (including phenoxy) is 2. The molecule has 2 rings (SSSR count). The van der Waals surface area contributed by atoms with Gasteiger partial charge in [0.15, 0.2) is 5.92 Å². The van der Waals surface area contributed by atoms with Gasteiger partial charge in [-0.25, -0.2) is 0 Å². The van der Waals surface area contributed by atoms with Crippen molar-refractivity contribution in [3.63, 3.8) is 0 Å². The molecule has 2 aromatic rings. The molecule has 0 bridgehead atoms. The van der Waals surface area contributed by atoms with Crippen LogP contribution in [0, 0.1) is 5.92 Å². The number of rotatable bonds is 12. The van der Waals surface area contributed by atoms with E-state index in [2.05, 4.69) is 6.92 Å². The summed E-state index contributed by atoms with van der Waals surface area (Å²) in [6.45, 7) is 2.20. The molecule has 0 aliphatic heterocycles. The smallest absolute Gasteiger partial charge is 0.325 e. The summed E-state index contributed by atoms with van der Waals surface area (Å²) < 4.78 is 10.8. The number of esters is 2. The number of carbonyl (C=O) groups excluding carboxylic acids is 2. The van der Waals surface area contributed by atoms with Gasteiger partial charge in [0, 0.05) is 0 Å². The molecule has 28 heavy (non-hydrogen) atoms. The fourth-order valence-corrected chi connectivity index (χ4v) is 2.99. The van der Waals surface area contributed by atoms with Crippen molar-refractivity contribution in [2.75, 3.05) is 0 Å². The molecule has 0 saturated carbocycles. The first-order chi connectivity index (χ1) is 13.7. The largest absolute Gasteiger partial charge is 0.426 e. The monoisotopic (exact) mass is 382 g/mol. The molecule has 0 atom stereocenters. The van der Waals surface area contributed by atoms with E-state index in [0.29, 0.717) is 17.9 Å². The Morgan fingerprint density at radius 3 is 1.57 bits per heavy atom. The highest BCUT2D eigenvalue weighted by atomic mass is 16.6. The van der Waals surface area contributed by atoms with Gasteiger partial charge in [-0.3, -0.25) is 9.59 Å². The summed E-state index contributed by atoms with van der Waals surface area (Å²) in [7, 11) is 0. The second-order valence-corrected chi connectivity index (χ2v) is 6.93. The maximum atomic E-state index is 12.6. The van der Waals surface area contributed by atoms with Gasteiger partial charge in [0.25, 0.3) is 0 Å². The Hall–Kier alpha value is -2.62. The lowest BCUT2D eigenvalue weighted by Crippen LogP contribution is -2.31. The number of carbonyl (C=O) groups is 2. The van der Waals surface area contributed by atoms with E-state index in [0.717, 1.165) is 19.3 Å². The molecule has 4 nitrogen and oxygen atoms in total. The quantitative estimate of drug-likeness (QED) is 0.197. The minimum absolute atomic E-state index is 0.435. The van der Waals surface area contributed by atoms with Gasteiger partial charge < -0.3 is 9.47 Å². The average molecular weight is 383 g/mol. The standard InChI is InChI=1S/C24H30O4/c1-2-3-4-5-6-7-14-19-22(23(25)27-20-15-10-8-11-16-20)24(26)28-21-17-12-9-13-18-21/h8-13,15-18,22H,2-7,14,19H2,1H3. The minimum atomic E-state index is -0.920. The molecule has 0 heterocycles. The van der Waals surface area contributed by atoms with Gasteiger partial charge >= 0.3 is 11.9 Å². The Morgan fingerprint density at radius 2 is 1.11 bits per heavy atom. The van der Waals surface area contributed by atoms with Crippen LogP contribution in [0.1, 0.15) is 58.3 Å². The molecular formula is C24H30O4. The molecule has 0 unspecified atom stereocenters. The molecule has 4 heteroatoms. The third-order valence-electron chi connectivity index (χ3n) is 4.59. The van der Waals surface area contributed by atoms with Gasteiger partial charge in [-0.1, -0.05) is 88.3 Å². The number of para-hydroxylation sites is 2. The summed E-state index contributed by atoms with van der Waals surface area (Å²) in [6.07, 6.45) is 8.27. The molecule has 0 amide bonds. The minimum Gasteiger partial charge on any atom is -0.426 e. The summed E-state index contributed by atoms with van der Waals surface area (Å²) in [4.78, 5) is 25.3. The van der Waals surface area contributed by atoms with Crippen LogP contribution in [0.25, 0.3) is 0 Å². The van der Waals surface area contributed by atoms with Gasteiger partial charge in [0.05, 0.1) is 0 Å². The van der Waals surface area contributed by atoms with Crippen LogP contribution in [0.5, 0.6) is 11.5 Å². The maximum absolute atomic E-state index is 12.6. The number of hydrogen-bond acceptors (Lipinski definition) is 4. The van der Waals surface area contributed by atoms with E-state index in [-0.39, 0.29) is 0 Å². The predicted octanol–water partition coefficient (Wildman–Crippen LogP) is 5.95. The average Bonchev–Trinajstić information content (AvgIpc) is 2.71. The summed E-state index contributed by atoms with van der Waals surface area (Å²) >= 11 is 0. The molecule has 0 aliphatic carbocycles. The highest BCUT2D eigenvalue weighted by molar-refractivity contribution is 5.96. The van der Waals surface area contributed by atoms with E-state index >= 15 is 0 Å². The molecule has 0 radical (unpaired) electrons. The van der Waals surface area contributed by atoms with Crippen LogP contribution in [0.15, 0.2) is 60.7 Å². The van der Waals surface area contributed by atoms with E-state index in [9.17, 15) is 9.59 Å². The number of unbranched alkanes of at least 4 members (excludes halogenated alkanes) is 6. The first-order valence-electron chi connectivity index (χ1n) is 10.2. The summed E-state index contributed by atoms with van der Waals surface area (Å²) in [5.41, 5.74) is 0. The molecular weight excluding hydrogens is 352 g/mol. The normalized spacial score (nSPS) is 10.6. The van der Waals surface area contributed by atoms with E-state index in [1.165, 1.54) is 25.7 Å². The fraction of sp³-hybridized carbons (Fsp3) is 0.417. The second-order valence-electron chi connectivity index (χ2n) is 6.93. The zero-order chi connectivity index (χ0) is 20.0. The summed E-state index contributed by atoms with van der Waals surface area (Å²) in [6, 6.07) is 17.6. The molecule has 0 saturated heterocycles. The van der Waals surface area contributed by atoms with Crippen LogP contribution in [0.4, 0.5) is 0 Å². The van der Waals surface area contributed by atoms with Gasteiger partial charge in [-0.05, 0) is 30.7 Å². The molecule has 0 aromatic heterocycles. The third-order valence-corrected chi connectivity index (χ3v) is 4.59. The maximum Gasteiger partial charge on any atom is 0.325 e. The molecule has 0 fully saturated rings. The Kier molecular flexibility index (Phi) is 9.84. The van der Waals surface area contributed by atoms with Crippen LogP contribution in [0.2, 0.25) is 0 Å². The van der Waals surface area contributed by atoms with Gasteiger partial charge in [0.1, 0.15) is 11.5 Å². The van der Waals surface area contributed by atoms with Gasteiger partial charge in [0.2, 0.25) is 0 Å². The second kappa shape index (κ2) is 12.7. The predicted molar refractivity (Wildman–Crippen MR) is 110 cm³/mol. The summed E-state index contributed by atoms with van der Waals surface area (Å²) in [5, 5.41) is 0. The van der Waals surface area contributed by atoms with Crippen molar-refractivity contribution in [3.8, 4) is 11.5 Å². The molecule has 150 valence electrons. The van der Waals surface area contributed by atoms with E-state index < -0.39 is 17.9 Å². The van der Waals surface area contributed by atoms with E-state index in [1.807, 2.05) is 12.1 Å². The van der Waals surface area contributed by atoms with Crippen LogP contribution in [-0.4, -0.2) is 11.9 Å². The van der Waals surface area contributed by atoms with E-state index in [4.69, 9.17) is 9.47 Å². The van der Waals surface area contributed by atoms with Crippen LogP contribution < -0.4 is 9.47 Å². The summed E-state index contributed by atoms with van der Waals surface area (Å²) in [5.74, 6) is -1.17. The fourth-order valence-electron chi connectivity index (χ4n) is 2.99. The third kappa shape index (κ3) is 7.95. The van der Waals surface area contributed by atoms with Gasteiger partial charge in [-0.2, -0.15) is 0 Å². The SMILES string of the molecule is CCCCCCCCCC(C(=O)Oc1ccccc1)C(=O)Oc1ccccc1. The van der Waals surface area contributed by atoms with Crippen molar-refractivity contribution in [2.24, 2.45) is 5.92 Å². The van der Waals surface area contributed by atoms with E-state index in [1.54, 1.807) is 48.5 Å². The Labute approximate surface area is 167 Å². The zero-order valence-electron chi connectivity index (χ0n) is 16.6. The molecule has 2 aromatic carbocycles. The van der Waals surface area contributed by atoms with Crippen LogP contribution >= 0.6 is 0 Å². The van der Waals surface area contributed by atoms with Crippen molar-refractivity contribution in [1.29, 1.82) is 0 Å². The van der Waals surface area contributed by atoms with Crippen molar-refractivity contribution in [2.45, 2.75) is 58.3 Å². The highest BCUT2D eigenvalue weighted by Gasteiger charge is 2.30. The lowest BCUT2D eigenvalue weighted by Gasteiger charge is -2.15. The number of hydrogen-bond donors (Lipinski definition) is 0. The van der Waals surface area contributed by atoms with Crippen LogP contribution in [-0.2, 0) is 9.59 Å². The highest BCUT2D eigenvalue weighted by Crippen LogP contribution is 2.20. The Morgan fingerprint density at radius 1 is 0.679 bits per heavy atom. The first-order valence-corrected chi connectivity index (χ1v) is 10.2. The lowest BCUT2D eigenvalue weighted by atomic mass is 10.00. The Balaban J connectivity index is 1.92. The van der Waals surface area contributed by atoms with Crippen molar-refractivity contribution in [3.05, 3.63) is 60.7 Å². The van der Waals surface area contributed by atoms with Crippen molar-refractivity contribution >= 4 is 11.9 Å². The molecule has 0 spiro atoms. The van der Waals surface area contributed by atoms with Crippen molar-refractivity contribution < 1.29 is 19.1 Å². The molecule has 0 aliphatic rings.